The molecule has 2 rings (SSSR count). The zero-order chi connectivity index (χ0) is 17.5. The zero-order valence-corrected chi connectivity index (χ0v) is 14.4. The van der Waals surface area contributed by atoms with Gasteiger partial charge in [-0.15, -0.1) is 0 Å². The van der Waals surface area contributed by atoms with E-state index in [-0.39, 0.29) is 6.04 Å². The first kappa shape index (κ1) is 18.1. The number of carbonyl (C=O) groups excluding carboxylic acids is 1. The molecule has 1 aromatic carbocycles. The molecule has 0 bridgehead atoms. The van der Waals surface area contributed by atoms with Crippen LogP contribution in [0.3, 0.4) is 0 Å². The number of pyridine rings is 1. The lowest BCUT2D eigenvalue weighted by atomic mass is 10.1. The van der Waals surface area contributed by atoms with Crippen LogP contribution in [-0.4, -0.2) is 35.3 Å². The fraction of sp³-hybridized carbons (Fsp3) is 0.294. The summed E-state index contributed by atoms with van der Waals surface area (Å²) in [7, 11) is 0. The molecule has 0 fully saturated rings. The van der Waals surface area contributed by atoms with Crippen LogP contribution < -0.4 is 21.5 Å². The number of nitrogens with two attached hydrogens (primary N) is 2. The van der Waals surface area contributed by atoms with Crippen molar-refractivity contribution in [2.45, 2.75) is 19.1 Å². The number of anilines is 1. The smallest absolute Gasteiger partial charge is 0.258 e. The van der Waals surface area contributed by atoms with Crippen LogP contribution in [0.25, 0.3) is 11.3 Å². The summed E-state index contributed by atoms with van der Waals surface area (Å²) < 4.78 is 5.63. The van der Waals surface area contributed by atoms with Crippen molar-refractivity contribution in [2.24, 2.45) is 11.5 Å². The Morgan fingerprint density at radius 3 is 2.62 bits per heavy atom. The Morgan fingerprint density at radius 2 is 2.00 bits per heavy atom. The molecule has 0 aliphatic carbocycles. The maximum Gasteiger partial charge on any atom is 0.258 e. The maximum absolute atomic E-state index is 11.3. The zero-order valence-electron chi connectivity index (χ0n) is 13.5. The quantitative estimate of drug-likeness (QED) is 0.545. The van der Waals surface area contributed by atoms with Crippen molar-refractivity contribution in [3.8, 4) is 17.1 Å². The molecule has 2 atom stereocenters. The predicted molar refractivity (Wildman–Crippen MR) is 99.3 cm³/mol. The number of primary amides is 1. The molecule has 0 saturated heterocycles. The first-order chi connectivity index (χ1) is 11.5. The summed E-state index contributed by atoms with van der Waals surface area (Å²) in [6.07, 6.45) is -0.789. The third-order valence-electron chi connectivity index (χ3n) is 3.41. The summed E-state index contributed by atoms with van der Waals surface area (Å²) in [5.74, 6) is 0.310. The van der Waals surface area contributed by atoms with Gasteiger partial charge in [0, 0.05) is 23.9 Å². The second kappa shape index (κ2) is 8.56. The number of aromatic nitrogens is 1. The molecule has 0 saturated carbocycles. The van der Waals surface area contributed by atoms with Crippen LogP contribution in [0.4, 0.5) is 5.69 Å². The molecule has 5 N–H and O–H groups in total. The highest BCUT2D eigenvalue weighted by Gasteiger charge is 2.16. The van der Waals surface area contributed by atoms with E-state index in [1.807, 2.05) is 42.5 Å². The van der Waals surface area contributed by atoms with Crippen molar-refractivity contribution in [1.82, 2.24) is 4.98 Å². The van der Waals surface area contributed by atoms with Gasteiger partial charge in [0.15, 0.2) is 6.10 Å². The minimum atomic E-state index is -0.789. The number of benzene rings is 1. The van der Waals surface area contributed by atoms with Crippen molar-refractivity contribution in [1.29, 1.82) is 0 Å². The molecule has 1 unspecified atom stereocenters. The average molecular weight is 346 g/mol. The predicted octanol–water partition coefficient (Wildman–Crippen LogP) is 1.67. The normalized spacial score (nSPS) is 13.1. The molecule has 0 aliphatic rings. The number of carbonyl (C=O) groups is 1. The SMILES string of the molecule is C[C@@H](Oc1nc(-c2ccccc2)ccc1NCC(N)CS)C(N)=O. The third-order valence-corrected chi connectivity index (χ3v) is 3.88. The highest BCUT2D eigenvalue weighted by atomic mass is 32.1. The summed E-state index contributed by atoms with van der Waals surface area (Å²) in [5, 5.41) is 3.17. The van der Waals surface area contributed by atoms with Gasteiger partial charge in [-0.2, -0.15) is 12.6 Å². The number of thiol groups is 1. The summed E-state index contributed by atoms with van der Waals surface area (Å²) >= 11 is 4.16. The molecular formula is C17H22N4O2S. The second-order valence-corrected chi connectivity index (χ2v) is 5.77. The molecule has 1 amide bonds. The van der Waals surface area contributed by atoms with Gasteiger partial charge in [-0.1, -0.05) is 30.3 Å². The van der Waals surface area contributed by atoms with Crippen LogP contribution in [0.5, 0.6) is 5.88 Å². The highest BCUT2D eigenvalue weighted by molar-refractivity contribution is 7.80. The molecular weight excluding hydrogens is 324 g/mol. The lowest BCUT2D eigenvalue weighted by Crippen LogP contribution is -2.32. The van der Waals surface area contributed by atoms with Gasteiger partial charge in [-0.25, -0.2) is 4.98 Å². The fourth-order valence-corrected chi connectivity index (χ4v) is 2.09. The summed E-state index contributed by atoms with van der Waals surface area (Å²) in [5.41, 5.74) is 13.5. The molecule has 128 valence electrons. The van der Waals surface area contributed by atoms with Gasteiger partial charge >= 0.3 is 0 Å². The standard InChI is InChI=1S/C17H22N4O2S/c1-11(16(19)22)23-17-15(20-9-13(18)10-24)8-7-14(21-17)12-5-3-2-4-6-12/h2-8,11,13,20,24H,9-10,18H2,1H3,(H2,19,22)/t11-,13?/m1/s1. The van der Waals surface area contributed by atoms with Gasteiger partial charge in [-0.3, -0.25) is 4.79 Å². The largest absolute Gasteiger partial charge is 0.463 e. The van der Waals surface area contributed by atoms with Crippen molar-refractivity contribution in [3.05, 3.63) is 42.5 Å². The Labute approximate surface area is 147 Å². The van der Waals surface area contributed by atoms with E-state index in [1.165, 1.54) is 0 Å². The van der Waals surface area contributed by atoms with Crippen LogP contribution in [0.15, 0.2) is 42.5 Å². The Kier molecular flexibility index (Phi) is 6.45. The number of amides is 1. The summed E-state index contributed by atoms with van der Waals surface area (Å²) in [6, 6.07) is 13.3. The molecule has 0 radical (unpaired) electrons. The Balaban J connectivity index is 2.30. The number of hydrogen-bond acceptors (Lipinski definition) is 6. The average Bonchev–Trinajstić information content (AvgIpc) is 2.60. The first-order valence-electron chi connectivity index (χ1n) is 7.64. The van der Waals surface area contributed by atoms with Crippen molar-refractivity contribution in [3.63, 3.8) is 0 Å². The molecule has 1 aromatic heterocycles. The maximum atomic E-state index is 11.3. The molecule has 0 spiro atoms. The van der Waals surface area contributed by atoms with E-state index < -0.39 is 12.0 Å². The molecule has 6 nitrogen and oxygen atoms in total. The highest BCUT2D eigenvalue weighted by Crippen LogP contribution is 2.27. The number of nitrogens with one attached hydrogen (secondary N) is 1. The van der Waals surface area contributed by atoms with E-state index in [2.05, 4.69) is 22.9 Å². The van der Waals surface area contributed by atoms with E-state index >= 15 is 0 Å². The lowest BCUT2D eigenvalue weighted by Gasteiger charge is -2.17. The van der Waals surface area contributed by atoms with E-state index in [9.17, 15) is 4.79 Å². The Morgan fingerprint density at radius 1 is 1.29 bits per heavy atom. The van der Waals surface area contributed by atoms with E-state index in [4.69, 9.17) is 16.2 Å². The first-order valence-corrected chi connectivity index (χ1v) is 8.27. The minimum absolute atomic E-state index is 0.108. The number of rotatable bonds is 8. The second-order valence-electron chi connectivity index (χ2n) is 5.40. The van der Waals surface area contributed by atoms with Crippen molar-refractivity contribution in [2.75, 3.05) is 17.6 Å². The van der Waals surface area contributed by atoms with Gasteiger partial charge in [0.25, 0.3) is 5.91 Å². The van der Waals surface area contributed by atoms with Crippen LogP contribution in [-0.2, 0) is 4.79 Å². The summed E-state index contributed by atoms with van der Waals surface area (Å²) in [6.45, 7) is 2.10. The monoisotopic (exact) mass is 346 g/mol. The van der Waals surface area contributed by atoms with Crippen LogP contribution >= 0.6 is 12.6 Å². The third kappa shape index (κ3) is 4.87. The number of nitrogens with zero attached hydrogens (tertiary/aromatic N) is 1. The minimum Gasteiger partial charge on any atom is -0.463 e. The molecule has 0 aliphatic heterocycles. The van der Waals surface area contributed by atoms with Crippen molar-refractivity contribution >= 4 is 24.2 Å². The van der Waals surface area contributed by atoms with Gasteiger partial charge in [-0.05, 0) is 19.1 Å². The topological polar surface area (TPSA) is 103 Å². The van der Waals surface area contributed by atoms with E-state index in [1.54, 1.807) is 6.92 Å². The van der Waals surface area contributed by atoms with E-state index in [0.29, 0.717) is 23.9 Å². The molecule has 7 heteroatoms. The van der Waals surface area contributed by atoms with Gasteiger partial charge in [0.05, 0.1) is 11.4 Å². The van der Waals surface area contributed by atoms with Crippen molar-refractivity contribution < 1.29 is 9.53 Å². The molecule has 24 heavy (non-hydrogen) atoms. The van der Waals surface area contributed by atoms with Crippen LogP contribution in [0, 0.1) is 0 Å². The molecule has 1 heterocycles. The Hall–Kier alpha value is -2.25. The summed E-state index contributed by atoms with van der Waals surface area (Å²) in [4.78, 5) is 15.8. The lowest BCUT2D eigenvalue weighted by molar-refractivity contribution is -0.124. The number of ether oxygens (including phenoxy) is 1. The van der Waals surface area contributed by atoms with E-state index in [0.717, 1.165) is 11.3 Å². The van der Waals surface area contributed by atoms with Gasteiger partial charge in [0.1, 0.15) is 0 Å². The van der Waals surface area contributed by atoms with Crippen LogP contribution in [0.1, 0.15) is 6.92 Å². The van der Waals surface area contributed by atoms with Gasteiger partial charge in [0.2, 0.25) is 5.88 Å². The van der Waals surface area contributed by atoms with Gasteiger partial charge < -0.3 is 21.5 Å². The van der Waals surface area contributed by atoms with Crippen LogP contribution in [0.2, 0.25) is 0 Å². The Bertz CT molecular complexity index is 682. The molecule has 2 aromatic rings. The fourth-order valence-electron chi connectivity index (χ4n) is 1.97. The number of hydrogen-bond donors (Lipinski definition) is 4.